The van der Waals surface area contributed by atoms with Gasteiger partial charge in [-0.25, -0.2) is 0 Å². The van der Waals surface area contributed by atoms with Crippen LogP contribution in [0.4, 0.5) is 0 Å². The van der Waals surface area contributed by atoms with Crippen LogP contribution in [-0.4, -0.2) is 55.1 Å². The van der Waals surface area contributed by atoms with E-state index < -0.39 is 0 Å². The number of piperidine rings is 1. The molecular formula is C15H22N2O3. The lowest BCUT2D eigenvalue weighted by Gasteiger charge is -2.33. The van der Waals surface area contributed by atoms with E-state index >= 15 is 0 Å². The number of amides is 1. The van der Waals surface area contributed by atoms with E-state index in [0.29, 0.717) is 5.92 Å². The second-order valence-corrected chi connectivity index (χ2v) is 6.05. The monoisotopic (exact) mass is 278 g/mol. The molecule has 1 amide bonds. The number of ether oxygens (including phenoxy) is 1. The highest BCUT2D eigenvalue weighted by atomic mass is 16.5. The summed E-state index contributed by atoms with van der Waals surface area (Å²) in [6, 6.07) is 2.00. The summed E-state index contributed by atoms with van der Waals surface area (Å²) < 4.78 is 11.1. The number of carbonyl (C=O) groups excluding carboxylic acids is 1. The van der Waals surface area contributed by atoms with Gasteiger partial charge in [0.25, 0.3) is 5.91 Å². The number of furan rings is 1. The fourth-order valence-electron chi connectivity index (χ4n) is 3.23. The van der Waals surface area contributed by atoms with Gasteiger partial charge in [-0.15, -0.1) is 0 Å². The standard InChI is InChI=1S/C15H22N2O3/c1-16(2)15(18)13-7-12-3-5-17(9-14(12)20-13)8-11-4-6-19-10-11/h4,6,10,12-14H,3,5,7-9H2,1-2H3/t12-,13+,14+/m0/s1. The molecule has 3 atom stereocenters. The molecule has 2 aliphatic rings. The minimum atomic E-state index is -0.242. The van der Waals surface area contributed by atoms with Crippen LogP contribution in [0.3, 0.4) is 0 Å². The normalized spacial score (nSPS) is 30.2. The first-order valence-electron chi connectivity index (χ1n) is 7.23. The molecule has 0 N–H and O–H groups in total. The van der Waals surface area contributed by atoms with E-state index in [0.717, 1.165) is 32.5 Å². The number of nitrogens with zero attached hydrogens (tertiary/aromatic N) is 2. The van der Waals surface area contributed by atoms with Gasteiger partial charge in [0, 0.05) is 32.7 Å². The van der Waals surface area contributed by atoms with Gasteiger partial charge in [-0.2, -0.15) is 0 Å². The molecule has 2 saturated heterocycles. The lowest BCUT2D eigenvalue weighted by atomic mass is 9.91. The summed E-state index contributed by atoms with van der Waals surface area (Å²) in [6.07, 6.45) is 5.44. The van der Waals surface area contributed by atoms with Gasteiger partial charge >= 0.3 is 0 Å². The van der Waals surface area contributed by atoms with Crippen molar-refractivity contribution in [2.24, 2.45) is 5.92 Å². The molecule has 0 spiro atoms. The maximum absolute atomic E-state index is 12.0. The van der Waals surface area contributed by atoms with Crippen molar-refractivity contribution in [2.45, 2.75) is 31.6 Å². The van der Waals surface area contributed by atoms with E-state index in [9.17, 15) is 4.79 Å². The molecule has 3 heterocycles. The zero-order valence-corrected chi connectivity index (χ0v) is 12.1. The Morgan fingerprint density at radius 3 is 3.05 bits per heavy atom. The van der Waals surface area contributed by atoms with Crippen molar-refractivity contribution in [1.82, 2.24) is 9.80 Å². The summed E-state index contributed by atoms with van der Waals surface area (Å²) in [4.78, 5) is 16.0. The fraction of sp³-hybridized carbons (Fsp3) is 0.667. The maximum atomic E-state index is 12.0. The molecule has 2 fully saturated rings. The zero-order valence-electron chi connectivity index (χ0n) is 12.1. The highest BCUT2D eigenvalue weighted by Gasteiger charge is 2.42. The van der Waals surface area contributed by atoms with Gasteiger partial charge in [0.05, 0.1) is 18.6 Å². The molecule has 0 bridgehead atoms. The number of carbonyl (C=O) groups is 1. The summed E-state index contributed by atoms with van der Waals surface area (Å²) in [6.45, 7) is 2.88. The lowest BCUT2D eigenvalue weighted by molar-refractivity contribution is -0.141. The first-order valence-corrected chi connectivity index (χ1v) is 7.23. The van der Waals surface area contributed by atoms with E-state index in [1.54, 1.807) is 31.5 Å². The van der Waals surface area contributed by atoms with Gasteiger partial charge in [-0.1, -0.05) is 0 Å². The van der Waals surface area contributed by atoms with Crippen LogP contribution in [-0.2, 0) is 16.1 Å². The van der Waals surface area contributed by atoms with Crippen molar-refractivity contribution in [1.29, 1.82) is 0 Å². The molecule has 0 unspecified atom stereocenters. The van der Waals surface area contributed by atoms with Gasteiger partial charge in [0.2, 0.25) is 0 Å². The van der Waals surface area contributed by atoms with Gasteiger partial charge < -0.3 is 14.1 Å². The van der Waals surface area contributed by atoms with Gasteiger partial charge in [-0.3, -0.25) is 9.69 Å². The van der Waals surface area contributed by atoms with Crippen LogP contribution < -0.4 is 0 Å². The van der Waals surface area contributed by atoms with Crippen molar-refractivity contribution < 1.29 is 13.9 Å². The van der Waals surface area contributed by atoms with E-state index in [1.165, 1.54) is 5.56 Å². The topological polar surface area (TPSA) is 45.9 Å². The molecule has 5 nitrogen and oxygen atoms in total. The third kappa shape index (κ3) is 2.74. The average Bonchev–Trinajstić information content (AvgIpc) is 3.06. The summed E-state index contributed by atoms with van der Waals surface area (Å²) in [7, 11) is 3.58. The number of hydrogen-bond acceptors (Lipinski definition) is 4. The maximum Gasteiger partial charge on any atom is 0.251 e. The third-order valence-corrected chi connectivity index (χ3v) is 4.34. The van der Waals surface area contributed by atoms with E-state index in [4.69, 9.17) is 9.15 Å². The number of fused-ring (bicyclic) bond motifs is 1. The minimum Gasteiger partial charge on any atom is -0.472 e. The minimum absolute atomic E-state index is 0.0979. The molecule has 5 heteroatoms. The Morgan fingerprint density at radius 2 is 2.35 bits per heavy atom. The largest absolute Gasteiger partial charge is 0.472 e. The molecule has 3 rings (SSSR count). The Kier molecular flexibility index (Phi) is 3.81. The second kappa shape index (κ2) is 5.58. The summed E-state index contributed by atoms with van der Waals surface area (Å²) in [5, 5.41) is 0. The Hall–Kier alpha value is -1.33. The van der Waals surface area contributed by atoms with E-state index in [2.05, 4.69) is 4.90 Å². The Morgan fingerprint density at radius 1 is 1.50 bits per heavy atom. The van der Waals surface area contributed by atoms with Crippen LogP contribution in [0.15, 0.2) is 23.0 Å². The van der Waals surface area contributed by atoms with E-state index in [1.807, 2.05) is 6.07 Å². The summed E-state index contributed by atoms with van der Waals surface area (Å²) in [5.41, 5.74) is 1.20. The van der Waals surface area contributed by atoms with Gasteiger partial charge in [0.15, 0.2) is 0 Å². The SMILES string of the molecule is CN(C)C(=O)[C@H]1C[C@@H]2CCN(Cc3ccoc3)C[C@H]2O1. The average molecular weight is 278 g/mol. The van der Waals surface area contributed by atoms with Crippen LogP contribution in [0.1, 0.15) is 18.4 Å². The first kappa shape index (κ1) is 13.6. The summed E-state index contributed by atoms with van der Waals surface area (Å²) >= 11 is 0. The van der Waals surface area contributed by atoms with Crippen molar-refractivity contribution in [3.63, 3.8) is 0 Å². The van der Waals surface area contributed by atoms with Crippen LogP contribution in [0.25, 0.3) is 0 Å². The Bertz CT molecular complexity index is 458. The van der Waals surface area contributed by atoms with Gasteiger partial charge in [0.1, 0.15) is 6.10 Å². The molecule has 0 saturated carbocycles. The zero-order chi connectivity index (χ0) is 14.1. The molecule has 20 heavy (non-hydrogen) atoms. The van der Waals surface area contributed by atoms with Crippen LogP contribution in [0.2, 0.25) is 0 Å². The lowest BCUT2D eigenvalue weighted by Crippen LogP contribution is -2.42. The van der Waals surface area contributed by atoms with Crippen molar-refractivity contribution in [3.8, 4) is 0 Å². The highest BCUT2D eigenvalue weighted by Crippen LogP contribution is 2.34. The fourth-order valence-corrected chi connectivity index (χ4v) is 3.23. The molecule has 110 valence electrons. The van der Waals surface area contributed by atoms with E-state index in [-0.39, 0.29) is 18.1 Å². The molecule has 1 aromatic heterocycles. The van der Waals surface area contributed by atoms with Crippen LogP contribution in [0.5, 0.6) is 0 Å². The predicted molar refractivity (Wildman–Crippen MR) is 74.1 cm³/mol. The van der Waals surface area contributed by atoms with Crippen LogP contribution >= 0.6 is 0 Å². The molecule has 0 aliphatic carbocycles. The molecular weight excluding hydrogens is 256 g/mol. The third-order valence-electron chi connectivity index (χ3n) is 4.34. The highest BCUT2D eigenvalue weighted by molar-refractivity contribution is 5.80. The number of likely N-dealkylation sites (N-methyl/N-ethyl adjacent to an activating group) is 1. The van der Waals surface area contributed by atoms with Gasteiger partial charge in [-0.05, 0) is 31.4 Å². The molecule has 0 radical (unpaired) electrons. The number of rotatable bonds is 3. The molecule has 0 aromatic carbocycles. The number of likely N-dealkylation sites (tertiary alicyclic amines) is 1. The Labute approximate surface area is 119 Å². The molecule has 2 aliphatic heterocycles. The summed E-state index contributed by atoms with van der Waals surface area (Å²) in [5.74, 6) is 0.630. The van der Waals surface area contributed by atoms with Crippen molar-refractivity contribution in [3.05, 3.63) is 24.2 Å². The predicted octanol–water partition coefficient (Wildman–Crippen LogP) is 1.35. The quantitative estimate of drug-likeness (QED) is 0.837. The van der Waals surface area contributed by atoms with Crippen molar-refractivity contribution in [2.75, 3.05) is 27.2 Å². The Balaban J connectivity index is 1.57. The number of hydrogen-bond donors (Lipinski definition) is 0. The second-order valence-electron chi connectivity index (χ2n) is 6.05. The van der Waals surface area contributed by atoms with Crippen LogP contribution in [0, 0.1) is 5.92 Å². The first-order chi connectivity index (χ1) is 9.63. The molecule has 1 aromatic rings. The van der Waals surface area contributed by atoms with Crippen molar-refractivity contribution >= 4 is 5.91 Å². The smallest absolute Gasteiger partial charge is 0.251 e.